The fourth-order valence-corrected chi connectivity index (χ4v) is 4.79. The van der Waals surface area contributed by atoms with Crippen molar-refractivity contribution in [2.24, 2.45) is 0 Å². The zero-order chi connectivity index (χ0) is 23.9. The van der Waals surface area contributed by atoms with Gasteiger partial charge < -0.3 is 0 Å². The highest BCUT2D eigenvalue weighted by Crippen LogP contribution is 2.39. The van der Waals surface area contributed by atoms with Gasteiger partial charge in [0.05, 0.1) is 22.5 Å². The molecule has 0 aliphatic rings. The summed E-state index contributed by atoms with van der Waals surface area (Å²) < 4.78 is 4.01. The average molecular weight is 465 g/mol. The summed E-state index contributed by atoms with van der Waals surface area (Å²) in [6.45, 7) is 0. The van der Waals surface area contributed by atoms with Gasteiger partial charge in [0.2, 0.25) is 0 Å². The van der Waals surface area contributed by atoms with E-state index in [9.17, 15) is 0 Å². The summed E-state index contributed by atoms with van der Waals surface area (Å²) in [4.78, 5) is 5.29. The number of para-hydroxylation sites is 2. The van der Waals surface area contributed by atoms with Crippen molar-refractivity contribution in [3.63, 3.8) is 0 Å². The fraction of sp³-hybridized carbons (Fsp3) is 0. The molecule has 6 nitrogen and oxygen atoms in total. The van der Waals surface area contributed by atoms with Crippen molar-refractivity contribution in [3.05, 3.63) is 121 Å². The minimum Gasteiger partial charge on any atom is -0.292 e. The maximum absolute atomic E-state index is 5.29. The molecule has 0 unspecified atom stereocenters. The van der Waals surface area contributed by atoms with Gasteiger partial charge in [-0.3, -0.25) is 4.57 Å². The van der Waals surface area contributed by atoms with Crippen molar-refractivity contribution < 1.29 is 0 Å². The summed E-state index contributed by atoms with van der Waals surface area (Å²) in [5, 5.41) is 13.8. The van der Waals surface area contributed by atoms with E-state index in [1.54, 1.807) is 4.52 Å². The Morgan fingerprint density at radius 2 is 1.25 bits per heavy atom. The molecule has 4 aromatic carbocycles. The lowest BCUT2D eigenvalue weighted by Crippen LogP contribution is -2.02. The second-order valence-electron chi connectivity index (χ2n) is 8.57. The molecular weight excluding hydrogens is 444 g/mol. The van der Waals surface area contributed by atoms with Crippen LogP contribution in [0.2, 0.25) is 0 Å². The zero-order valence-corrected chi connectivity index (χ0v) is 19.2. The Morgan fingerprint density at radius 3 is 2.00 bits per heavy atom. The first-order chi connectivity index (χ1) is 17.9. The van der Waals surface area contributed by atoms with E-state index in [4.69, 9.17) is 4.98 Å². The van der Waals surface area contributed by atoms with E-state index in [1.165, 1.54) is 0 Å². The van der Waals surface area contributed by atoms with E-state index in [0.29, 0.717) is 5.65 Å². The molecular formula is C30H20N6. The predicted octanol–water partition coefficient (Wildman–Crippen LogP) is 6.46. The van der Waals surface area contributed by atoms with Gasteiger partial charge in [0.25, 0.3) is 0 Å². The van der Waals surface area contributed by atoms with Crippen molar-refractivity contribution >= 4 is 16.6 Å². The summed E-state index contributed by atoms with van der Waals surface area (Å²) in [6.07, 6.45) is 0. The highest BCUT2D eigenvalue weighted by atomic mass is 15.5. The Labute approximate surface area is 207 Å². The Balaban J connectivity index is 1.64. The number of hydrogen-bond acceptors (Lipinski definition) is 4. The molecule has 0 amide bonds. The van der Waals surface area contributed by atoms with Gasteiger partial charge in [-0.25, -0.2) is 4.98 Å². The molecule has 6 heteroatoms. The van der Waals surface area contributed by atoms with Crippen LogP contribution >= 0.6 is 0 Å². The topological polar surface area (TPSA) is 60.9 Å². The zero-order valence-electron chi connectivity index (χ0n) is 19.2. The molecule has 3 heterocycles. The van der Waals surface area contributed by atoms with Crippen LogP contribution in [0.5, 0.6) is 0 Å². The van der Waals surface area contributed by atoms with E-state index in [0.717, 1.165) is 50.5 Å². The Morgan fingerprint density at radius 1 is 0.611 bits per heavy atom. The number of pyridine rings is 1. The summed E-state index contributed by atoms with van der Waals surface area (Å²) in [5.41, 5.74) is 7.53. The van der Waals surface area contributed by atoms with Crippen LogP contribution in [0.15, 0.2) is 121 Å². The van der Waals surface area contributed by atoms with Gasteiger partial charge in [-0.2, -0.15) is 4.52 Å². The Kier molecular flexibility index (Phi) is 4.67. The van der Waals surface area contributed by atoms with Crippen LogP contribution in [0.3, 0.4) is 0 Å². The van der Waals surface area contributed by atoms with Gasteiger partial charge in [-0.05, 0) is 34.7 Å². The van der Waals surface area contributed by atoms with E-state index >= 15 is 0 Å². The molecule has 0 radical (unpaired) electrons. The number of aromatic nitrogens is 6. The summed E-state index contributed by atoms with van der Waals surface area (Å²) >= 11 is 0. The normalized spacial score (nSPS) is 11.3. The van der Waals surface area contributed by atoms with Gasteiger partial charge in [0.1, 0.15) is 5.82 Å². The number of benzene rings is 4. The molecule has 0 saturated carbocycles. The smallest absolute Gasteiger partial charge is 0.190 e. The van der Waals surface area contributed by atoms with Gasteiger partial charge in [-0.15, -0.1) is 5.10 Å². The minimum absolute atomic E-state index is 0.662. The second-order valence-corrected chi connectivity index (χ2v) is 8.57. The third-order valence-electron chi connectivity index (χ3n) is 6.40. The number of rotatable bonds is 4. The maximum Gasteiger partial charge on any atom is 0.190 e. The van der Waals surface area contributed by atoms with Crippen molar-refractivity contribution in [1.29, 1.82) is 0 Å². The van der Waals surface area contributed by atoms with Crippen LogP contribution in [0.4, 0.5) is 0 Å². The van der Waals surface area contributed by atoms with E-state index in [2.05, 4.69) is 80.8 Å². The number of nitrogens with zero attached hydrogens (tertiary/aromatic N) is 6. The minimum atomic E-state index is 0.662. The van der Waals surface area contributed by atoms with Crippen LogP contribution in [0, 0.1) is 0 Å². The summed E-state index contributed by atoms with van der Waals surface area (Å²) in [5.74, 6) is 0.782. The van der Waals surface area contributed by atoms with Crippen LogP contribution in [0.25, 0.3) is 56.1 Å². The molecule has 0 N–H and O–H groups in total. The number of imidazole rings is 1. The predicted molar refractivity (Wildman–Crippen MR) is 142 cm³/mol. The SMILES string of the molecule is c1ccc(-c2nc(-c3cc4ccccc4n4nnnc34)n(-c3ccccc3)c2-c2ccccc2)cc1. The van der Waals surface area contributed by atoms with Crippen molar-refractivity contribution in [2.75, 3.05) is 0 Å². The molecule has 0 fully saturated rings. The lowest BCUT2D eigenvalue weighted by Gasteiger charge is -2.14. The highest BCUT2D eigenvalue weighted by molar-refractivity contribution is 5.92. The molecule has 7 rings (SSSR count). The summed E-state index contributed by atoms with van der Waals surface area (Å²) in [6, 6.07) is 41.3. The molecule has 0 bridgehead atoms. The first kappa shape index (κ1) is 20.3. The Hall–Kier alpha value is -5.10. The van der Waals surface area contributed by atoms with Crippen molar-refractivity contribution in [3.8, 4) is 39.6 Å². The maximum atomic E-state index is 5.29. The standard InChI is InChI=1S/C30H20N6/c1-4-12-21(13-5-1)27-28(22-14-6-2-7-15-22)35(24-17-8-3-9-18-24)29(31-27)25-20-23-16-10-11-19-26(23)36-30(25)32-33-34-36/h1-20H. The average Bonchev–Trinajstić information content (AvgIpc) is 3.60. The highest BCUT2D eigenvalue weighted by Gasteiger charge is 2.25. The molecule has 36 heavy (non-hydrogen) atoms. The van der Waals surface area contributed by atoms with Crippen LogP contribution < -0.4 is 0 Å². The number of tetrazole rings is 1. The monoisotopic (exact) mass is 464 g/mol. The number of fused-ring (bicyclic) bond motifs is 3. The van der Waals surface area contributed by atoms with Gasteiger partial charge in [-0.1, -0.05) is 97.1 Å². The molecule has 0 spiro atoms. The summed E-state index contributed by atoms with van der Waals surface area (Å²) in [7, 11) is 0. The van der Waals surface area contributed by atoms with Crippen LogP contribution in [-0.4, -0.2) is 29.6 Å². The molecule has 7 aromatic rings. The largest absolute Gasteiger partial charge is 0.292 e. The fourth-order valence-electron chi connectivity index (χ4n) is 4.79. The third kappa shape index (κ3) is 3.20. The van der Waals surface area contributed by atoms with Crippen LogP contribution in [-0.2, 0) is 0 Å². The van der Waals surface area contributed by atoms with E-state index < -0.39 is 0 Å². The lowest BCUT2D eigenvalue weighted by atomic mass is 10.0. The van der Waals surface area contributed by atoms with Gasteiger partial charge >= 0.3 is 0 Å². The quantitative estimate of drug-likeness (QED) is 0.300. The first-order valence-corrected chi connectivity index (χ1v) is 11.8. The molecule has 0 aliphatic heterocycles. The number of hydrogen-bond donors (Lipinski definition) is 0. The van der Waals surface area contributed by atoms with Crippen LogP contribution in [0.1, 0.15) is 0 Å². The third-order valence-corrected chi connectivity index (χ3v) is 6.40. The van der Waals surface area contributed by atoms with Crippen molar-refractivity contribution in [2.45, 2.75) is 0 Å². The second kappa shape index (κ2) is 8.29. The molecule has 0 atom stereocenters. The lowest BCUT2D eigenvalue weighted by molar-refractivity contribution is 0.841. The van der Waals surface area contributed by atoms with Crippen molar-refractivity contribution in [1.82, 2.24) is 29.6 Å². The van der Waals surface area contributed by atoms with Gasteiger partial charge in [0.15, 0.2) is 5.65 Å². The molecule has 170 valence electrons. The Bertz CT molecular complexity index is 1820. The van der Waals surface area contributed by atoms with E-state index in [-0.39, 0.29) is 0 Å². The van der Waals surface area contributed by atoms with E-state index in [1.807, 2.05) is 60.7 Å². The molecule has 3 aromatic heterocycles. The van der Waals surface area contributed by atoms with Gasteiger partial charge in [0, 0.05) is 22.2 Å². The first-order valence-electron chi connectivity index (χ1n) is 11.8. The molecule has 0 aliphatic carbocycles. The molecule has 0 saturated heterocycles.